The van der Waals surface area contributed by atoms with Crippen LogP contribution < -0.4 is 0 Å². The van der Waals surface area contributed by atoms with E-state index in [9.17, 15) is 4.79 Å². The van der Waals surface area contributed by atoms with Gasteiger partial charge in [-0.15, -0.1) is 0 Å². The summed E-state index contributed by atoms with van der Waals surface area (Å²) in [5.74, 6) is -0.196. The average Bonchev–Trinajstić information content (AvgIpc) is 2.24. The van der Waals surface area contributed by atoms with Crippen molar-refractivity contribution < 1.29 is 14.3 Å². The van der Waals surface area contributed by atoms with Crippen LogP contribution in [-0.2, 0) is 14.3 Å². The van der Waals surface area contributed by atoms with Crippen LogP contribution in [0.5, 0.6) is 0 Å². The summed E-state index contributed by atoms with van der Waals surface area (Å²) in [5.41, 5.74) is 0. The molecule has 0 fully saturated rings. The van der Waals surface area contributed by atoms with Gasteiger partial charge in [0.05, 0.1) is 6.61 Å². The van der Waals surface area contributed by atoms with Gasteiger partial charge in [-0.2, -0.15) is 0 Å². The van der Waals surface area contributed by atoms with Crippen LogP contribution >= 0.6 is 0 Å². The summed E-state index contributed by atoms with van der Waals surface area (Å²) < 4.78 is 10.5. The van der Waals surface area contributed by atoms with Crippen molar-refractivity contribution >= 4 is 5.97 Å². The second-order valence-corrected chi connectivity index (χ2v) is 3.61. The summed E-state index contributed by atoms with van der Waals surface area (Å²) in [4.78, 5) is 11.6. The number of carbonyl (C=O) groups excluding carboxylic acids is 1. The summed E-state index contributed by atoms with van der Waals surface area (Å²) in [7, 11) is 0. The molecule has 0 aliphatic carbocycles. The molecule has 0 saturated heterocycles. The second kappa shape index (κ2) is 9.97. The molecule has 0 N–H and O–H groups in total. The minimum atomic E-state index is -0.355. The summed E-state index contributed by atoms with van der Waals surface area (Å²) >= 11 is 0. The molecule has 0 aliphatic heterocycles. The minimum Gasteiger partial charge on any atom is -0.464 e. The molecule has 0 aromatic heterocycles. The first-order valence-corrected chi connectivity index (χ1v) is 6.04. The van der Waals surface area contributed by atoms with Gasteiger partial charge >= 0.3 is 5.97 Å². The molecule has 0 rings (SSSR count). The van der Waals surface area contributed by atoms with Crippen molar-refractivity contribution in [2.75, 3.05) is 13.2 Å². The molecule has 0 aromatic rings. The molecule has 1 atom stereocenters. The Morgan fingerprint density at radius 1 is 1.13 bits per heavy atom. The largest absolute Gasteiger partial charge is 0.464 e. The van der Waals surface area contributed by atoms with Gasteiger partial charge in [-0.25, -0.2) is 4.79 Å². The lowest BCUT2D eigenvalue weighted by atomic mass is 10.1. The first-order valence-electron chi connectivity index (χ1n) is 6.04. The molecule has 1 unspecified atom stereocenters. The highest BCUT2D eigenvalue weighted by Crippen LogP contribution is 2.07. The normalized spacial score (nSPS) is 12.5. The van der Waals surface area contributed by atoms with Gasteiger partial charge in [-0.05, 0) is 19.8 Å². The van der Waals surface area contributed by atoms with Crippen LogP contribution in [0.2, 0.25) is 0 Å². The Balaban J connectivity index is 3.81. The molecule has 0 aromatic carbocycles. The Hall–Kier alpha value is -0.570. The smallest absolute Gasteiger partial charge is 0.335 e. The molecular weight excluding hydrogens is 192 g/mol. The van der Waals surface area contributed by atoms with Gasteiger partial charge < -0.3 is 9.47 Å². The van der Waals surface area contributed by atoms with E-state index in [2.05, 4.69) is 13.8 Å². The van der Waals surface area contributed by atoms with Crippen molar-refractivity contribution in [3.05, 3.63) is 0 Å². The molecule has 0 aliphatic rings. The lowest BCUT2D eigenvalue weighted by molar-refractivity contribution is -0.157. The van der Waals surface area contributed by atoms with E-state index in [-0.39, 0.29) is 12.1 Å². The molecule has 90 valence electrons. The molecule has 0 spiro atoms. The van der Waals surface area contributed by atoms with Crippen LogP contribution in [0.1, 0.15) is 52.9 Å². The van der Waals surface area contributed by atoms with E-state index in [0.29, 0.717) is 13.2 Å². The number of carbonyl (C=O) groups is 1. The molecule has 15 heavy (non-hydrogen) atoms. The van der Waals surface area contributed by atoms with Gasteiger partial charge in [0, 0.05) is 6.61 Å². The summed E-state index contributed by atoms with van der Waals surface area (Å²) in [6, 6.07) is 0. The highest BCUT2D eigenvalue weighted by atomic mass is 16.6. The average molecular weight is 216 g/mol. The number of ether oxygens (including phenoxy) is 2. The van der Waals surface area contributed by atoms with Crippen molar-refractivity contribution in [2.45, 2.75) is 59.0 Å². The van der Waals surface area contributed by atoms with E-state index in [1.807, 2.05) is 6.92 Å². The fourth-order valence-corrected chi connectivity index (χ4v) is 1.27. The zero-order valence-electron chi connectivity index (χ0n) is 10.3. The van der Waals surface area contributed by atoms with E-state index in [4.69, 9.17) is 9.47 Å². The molecular formula is C12H24O3. The molecule has 0 amide bonds. The van der Waals surface area contributed by atoms with Crippen LogP contribution in [0.4, 0.5) is 0 Å². The van der Waals surface area contributed by atoms with E-state index >= 15 is 0 Å². The quantitative estimate of drug-likeness (QED) is 0.439. The van der Waals surface area contributed by atoms with Gasteiger partial charge in [0.15, 0.2) is 6.10 Å². The summed E-state index contributed by atoms with van der Waals surface area (Å²) in [6.07, 6.45) is 4.47. The van der Waals surface area contributed by atoms with E-state index in [0.717, 1.165) is 32.1 Å². The second-order valence-electron chi connectivity index (χ2n) is 3.61. The van der Waals surface area contributed by atoms with E-state index < -0.39 is 0 Å². The van der Waals surface area contributed by atoms with Gasteiger partial charge in [0.1, 0.15) is 0 Å². The molecule has 3 heteroatoms. The molecule has 0 saturated carbocycles. The Kier molecular flexibility index (Phi) is 9.59. The molecule has 0 heterocycles. The van der Waals surface area contributed by atoms with E-state index in [1.54, 1.807) is 0 Å². The number of rotatable bonds is 9. The van der Waals surface area contributed by atoms with Crippen LogP contribution in [-0.4, -0.2) is 25.3 Å². The Bertz CT molecular complexity index is 157. The summed E-state index contributed by atoms with van der Waals surface area (Å²) in [5, 5.41) is 0. The van der Waals surface area contributed by atoms with Crippen molar-refractivity contribution in [1.82, 2.24) is 0 Å². The third-order valence-electron chi connectivity index (χ3n) is 2.19. The summed E-state index contributed by atoms with van der Waals surface area (Å²) in [6.45, 7) is 7.16. The predicted molar refractivity (Wildman–Crippen MR) is 60.8 cm³/mol. The van der Waals surface area contributed by atoms with Crippen LogP contribution in [0.15, 0.2) is 0 Å². The number of hydrogen-bond acceptors (Lipinski definition) is 3. The standard InChI is InChI=1S/C12H24O3/c1-4-7-9-11(14-6-3)12(13)15-10-8-5-2/h11H,4-10H2,1-3H3. The fraction of sp³-hybridized carbons (Fsp3) is 0.917. The van der Waals surface area contributed by atoms with Crippen LogP contribution in [0.3, 0.4) is 0 Å². The predicted octanol–water partition coefficient (Wildman–Crippen LogP) is 2.93. The molecule has 0 radical (unpaired) electrons. The minimum absolute atomic E-state index is 0.196. The topological polar surface area (TPSA) is 35.5 Å². The monoisotopic (exact) mass is 216 g/mol. The van der Waals surface area contributed by atoms with Crippen LogP contribution in [0, 0.1) is 0 Å². The SMILES string of the molecule is CCCCOC(=O)C(CCCC)OCC. The van der Waals surface area contributed by atoms with Crippen LogP contribution in [0.25, 0.3) is 0 Å². The highest BCUT2D eigenvalue weighted by molar-refractivity contribution is 5.74. The third-order valence-corrected chi connectivity index (χ3v) is 2.19. The van der Waals surface area contributed by atoms with Gasteiger partial charge in [0.25, 0.3) is 0 Å². The van der Waals surface area contributed by atoms with Crippen molar-refractivity contribution in [1.29, 1.82) is 0 Å². The highest BCUT2D eigenvalue weighted by Gasteiger charge is 2.19. The fourth-order valence-electron chi connectivity index (χ4n) is 1.27. The van der Waals surface area contributed by atoms with Crippen molar-refractivity contribution in [3.8, 4) is 0 Å². The zero-order chi connectivity index (χ0) is 11.5. The van der Waals surface area contributed by atoms with E-state index in [1.165, 1.54) is 0 Å². The Morgan fingerprint density at radius 2 is 1.80 bits per heavy atom. The van der Waals surface area contributed by atoms with Crippen molar-refractivity contribution in [3.63, 3.8) is 0 Å². The molecule has 3 nitrogen and oxygen atoms in total. The van der Waals surface area contributed by atoms with Gasteiger partial charge in [0.2, 0.25) is 0 Å². The maximum absolute atomic E-state index is 11.6. The molecule has 0 bridgehead atoms. The van der Waals surface area contributed by atoms with Crippen molar-refractivity contribution in [2.24, 2.45) is 0 Å². The maximum atomic E-state index is 11.6. The number of unbranched alkanes of at least 4 members (excludes halogenated alkanes) is 2. The third kappa shape index (κ3) is 7.37. The lowest BCUT2D eigenvalue weighted by Gasteiger charge is -2.15. The first-order chi connectivity index (χ1) is 7.26. The Morgan fingerprint density at radius 3 is 2.33 bits per heavy atom. The van der Waals surface area contributed by atoms with Gasteiger partial charge in [-0.3, -0.25) is 0 Å². The Labute approximate surface area is 93.1 Å². The first kappa shape index (κ1) is 14.4. The number of esters is 1. The number of hydrogen-bond donors (Lipinski definition) is 0. The lowest BCUT2D eigenvalue weighted by Crippen LogP contribution is -2.27. The zero-order valence-corrected chi connectivity index (χ0v) is 10.3. The maximum Gasteiger partial charge on any atom is 0.335 e. The van der Waals surface area contributed by atoms with Gasteiger partial charge in [-0.1, -0.05) is 33.1 Å².